The van der Waals surface area contributed by atoms with E-state index in [2.05, 4.69) is 21.1 Å². The molecule has 1 aromatic heterocycles. The van der Waals surface area contributed by atoms with Gasteiger partial charge in [-0.15, -0.1) is 0 Å². The third-order valence-corrected chi connectivity index (χ3v) is 4.50. The lowest BCUT2D eigenvalue weighted by molar-refractivity contribution is -0.0980. The summed E-state index contributed by atoms with van der Waals surface area (Å²) in [6.45, 7) is 1.07. The molecule has 20 heavy (non-hydrogen) atoms. The second kappa shape index (κ2) is 5.82. The number of rotatable bonds is 3. The van der Waals surface area contributed by atoms with Crippen LogP contribution in [0.5, 0.6) is 0 Å². The van der Waals surface area contributed by atoms with E-state index in [4.69, 9.17) is 18.0 Å². The Morgan fingerprint density at radius 1 is 1.55 bits per heavy atom. The molecular weight excluding hydrogens is 348 g/mol. The Kier molecular flexibility index (Phi) is 4.49. The minimum atomic E-state index is -0.924. The normalized spacial score (nSPS) is 22.8. The Labute approximate surface area is 130 Å². The van der Waals surface area contributed by atoms with Gasteiger partial charge in [0.25, 0.3) is 0 Å². The van der Waals surface area contributed by atoms with E-state index >= 15 is 0 Å². The first-order valence-electron chi connectivity index (χ1n) is 5.93. The van der Waals surface area contributed by atoms with E-state index < -0.39 is 12.6 Å². The van der Waals surface area contributed by atoms with Crippen molar-refractivity contribution in [3.63, 3.8) is 0 Å². The van der Waals surface area contributed by atoms with E-state index in [1.807, 2.05) is 4.57 Å². The topological polar surface area (TPSA) is 94.0 Å². The van der Waals surface area contributed by atoms with Crippen LogP contribution in [0.15, 0.2) is 6.33 Å². The molecule has 0 aliphatic carbocycles. The van der Waals surface area contributed by atoms with Gasteiger partial charge in [0.05, 0.1) is 22.5 Å². The van der Waals surface area contributed by atoms with Crippen molar-refractivity contribution < 1.29 is 10.2 Å². The van der Waals surface area contributed by atoms with E-state index in [9.17, 15) is 10.2 Å². The Bertz CT molecular complexity index is 512. The zero-order chi connectivity index (χ0) is 15.0. The quantitative estimate of drug-likeness (QED) is 0.483. The fourth-order valence-corrected chi connectivity index (χ4v) is 2.35. The first-order valence-corrected chi connectivity index (χ1v) is 7.05. The number of fused-ring (bicyclic) bond motifs is 1. The van der Waals surface area contributed by atoms with Crippen LogP contribution in [0, 0.1) is 0 Å². The highest BCUT2D eigenvalue weighted by Gasteiger charge is 2.36. The zero-order valence-electron chi connectivity index (χ0n) is 11.1. The van der Waals surface area contributed by atoms with Crippen LogP contribution in [0.2, 0.25) is 0 Å². The van der Waals surface area contributed by atoms with Crippen LogP contribution in [-0.4, -0.2) is 60.7 Å². The van der Waals surface area contributed by atoms with Crippen molar-refractivity contribution in [1.82, 2.24) is 18.4 Å². The van der Waals surface area contributed by atoms with Gasteiger partial charge in [-0.3, -0.25) is 3.93 Å². The lowest BCUT2D eigenvalue weighted by Gasteiger charge is -2.40. The monoisotopic (exact) mass is 364 g/mol. The number of aromatic nitrogens is 2. The van der Waals surface area contributed by atoms with Crippen molar-refractivity contribution in [2.45, 2.75) is 19.1 Å². The molecule has 1 aromatic rings. The molecule has 0 bridgehead atoms. The van der Waals surface area contributed by atoms with Crippen LogP contribution >= 0.6 is 28.4 Å². The van der Waals surface area contributed by atoms with Crippen LogP contribution in [0.4, 0.5) is 5.82 Å². The number of nitrogens with two attached hydrogens (primary N) is 1. The average molecular weight is 365 g/mol. The molecule has 4 N–H and O–H groups in total. The molecule has 2 rings (SSSR count). The molecule has 1 aliphatic rings. The highest BCUT2D eigenvalue weighted by Crippen LogP contribution is 2.33. The number of hydrogen-bond donors (Lipinski definition) is 3. The summed E-state index contributed by atoms with van der Waals surface area (Å²) in [6, 6.07) is 0. The molecule has 0 fully saturated rings. The van der Waals surface area contributed by atoms with E-state index in [0.29, 0.717) is 24.6 Å². The molecule has 0 radical (unpaired) electrons. The predicted molar refractivity (Wildman–Crippen MR) is 81.8 cm³/mol. The molecule has 0 spiro atoms. The number of aliphatic hydroxyl groups excluding tert-OH is 2. The lowest BCUT2D eigenvalue weighted by Crippen LogP contribution is -2.51. The maximum absolute atomic E-state index is 10.3. The van der Waals surface area contributed by atoms with Gasteiger partial charge in [-0.25, -0.2) is 9.88 Å². The van der Waals surface area contributed by atoms with Crippen LogP contribution < -0.4 is 10.6 Å². The van der Waals surface area contributed by atoms with Gasteiger partial charge >= 0.3 is 0 Å². The van der Waals surface area contributed by atoms with Crippen molar-refractivity contribution in [3.05, 3.63) is 12.0 Å². The predicted octanol–water partition coefficient (Wildman–Crippen LogP) is -0.613. The Balaban J connectivity index is 2.22. The number of nitrogens with zero attached hydrogens (tertiary/aromatic N) is 5. The molecule has 0 aromatic carbocycles. The van der Waals surface area contributed by atoms with Gasteiger partial charge in [0, 0.05) is 20.1 Å². The number of hydrogen-bond acceptors (Lipinski definition) is 6. The van der Waals surface area contributed by atoms with Gasteiger partial charge in [0.1, 0.15) is 5.69 Å². The second-order valence-electron chi connectivity index (χ2n) is 4.57. The molecule has 2 heterocycles. The van der Waals surface area contributed by atoms with Crippen LogP contribution in [-0.2, 0) is 6.54 Å². The first-order chi connectivity index (χ1) is 9.34. The maximum Gasteiger partial charge on any atom is 0.189 e. The summed E-state index contributed by atoms with van der Waals surface area (Å²) in [5, 5.41) is 20.5. The number of thiocarbonyl (C=S) groups is 1. The third kappa shape index (κ3) is 2.61. The fraction of sp³-hybridized carbons (Fsp3) is 0.600. The van der Waals surface area contributed by atoms with Gasteiger partial charge in [0.15, 0.2) is 23.5 Å². The van der Waals surface area contributed by atoms with Crippen LogP contribution in [0.25, 0.3) is 0 Å². The summed E-state index contributed by atoms with van der Waals surface area (Å²) < 4.78 is 3.37. The van der Waals surface area contributed by atoms with Crippen molar-refractivity contribution in [1.29, 1.82) is 0 Å². The van der Waals surface area contributed by atoms with Crippen LogP contribution in [0.3, 0.4) is 0 Å². The summed E-state index contributed by atoms with van der Waals surface area (Å²) in [5.74, 6) is 0.555. The molecular formula is C10H17BrN6O2S. The van der Waals surface area contributed by atoms with E-state index in [0.717, 1.165) is 0 Å². The Hall–Kier alpha value is -0.940. The Morgan fingerprint density at radius 3 is 2.80 bits per heavy atom. The average Bonchev–Trinajstić information content (AvgIpc) is 2.83. The standard InChI is InChI=1S/C10H17BrN6O2S/c1-14-7-6(8(18)15(2)10(14)19)16(5-13-7)3-4-17(11)9(12)20/h5,8,10,18-19H,3-4H2,1-2H3,(H2,12,20). The minimum absolute atomic E-state index is 0.240. The number of halogens is 1. The summed E-state index contributed by atoms with van der Waals surface area (Å²) in [5.41, 5.74) is 6.12. The molecule has 1 aliphatic heterocycles. The number of anilines is 1. The number of imidazole rings is 1. The van der Waals surface area contributed by atoms with Gasteiger partial charge < -0.3 is 25.4 Å². The largest absolute Gasteiger partial charge is 0.375 e. The number of aliphatic hydroxyl groups is 2. The van der Waals surface area contributed by atoms with Gasteiger partial charge in [-0.05, 0) is 19.3 Å². The van der Waals surface area contributed by atoms with Gasteiger partial charge in [-0.2, -0.15) is 0 Å². The molecule has 8 nitrogen and oxygen atoms in total. The SMILES string of the molecule is CN1c2ncn(CCN(Br)C(N)=S)c2C(O)N(C)C1O. The Morgan fingerprint density at radius 2 is 2.20 bits per heavy atom. The summed E-state index contributed by atoms with van der Waals surface area (Å²) in [4.78, 5) is 7.28. The van der Waals surface area contributed by atoms with Gasteiger partial charge in [0.2, 0.25) is 0 Å². The van der Waals surface area contributed by atoms with E-state index in [1.54, 1.807) is 29.2 Å². The van der Waals surface area contributed by atoms with E-state index in [-0.39, 0.29) is 5.11 Å². The molecule has 0 saturated carbocycles. The van der Waals surface area contributed by atoms with Crippen LogP contribution in [0.1, 0.15) is 11.9 Å². The van der Waals surface area contributed by atoms with Crippen molar-refractivity contribution in [2.24, 2.45) is 5.73 Å². The third-order valence-electron chi connectivity index (χ3n) is 3.31. The van der Waals surface area contributed by atoms with Crippen molar-refractivity contribution in [3.8, 4) is 0 Å². The van der Waals surface area contributed by atoms with Crippen molar-refractivity contribution >= 4 is 39.3 Å². The molecule has 2 atom stereocenters. The summed E-state index contributed by atoms with van der Waals surface area (Å²) in [7, 11) is 3.35. The minimum Gasteiger partial charge on any atom is -0.375 e. The highest BCUT2D eigenvalue weighted by molar-refractivity contribution is 9.07. The molecule has 0 amide bonds. The lowest BCUT2D eigenvalue weighted by atomic mass is 10.2. The highest BCUT2D eigenvalue weighted by atomic mass is 79.9. The zero-order valence-corrected chi connectivity index (χ0v) is 13.5. The second-order valence-corrected chi connectivity index (χ2v) is 5.84. The fourth-order valence-electron chi connectivity index (χ4n) is 2.10. The first kappa shape index (κ1) is 15.4. The molecule has 0 saturated heterocycles. The smallest absolute Gasteiger partial charge is 0.189 e. The van der Waals surface area contributed by atoms with Crippen molar-refractivity contribution in [2.75, 3.05) is 25.5 Å². The summed E-state index contributed by atoms with van der Waals surface area (Å²) >= 11 is 8.09. The molecule has 112 valence electrons. The summed E-state index contributed by atoms with van der Waals surface area (Å²) in [6.07, 6.45) is -0.214. The van der Waals surface area contributed by atoms with Gasteiger partial charge in [-0.1, -0.05) is 0 Å². The molecule has 10 heteroatoms. The maximum atomic E-state index is 10.3. The molecule has 2 unspecified atom stereocenters. The van der Waals surface area contributed by atoms with E-state index in [1.165, 1.54) is 4.90 Å².